The van der Waals surface area contributed by atoms with Crippen LogP contribution in [0, 0.1) is 5.92 Å². The summed E-state index contributed by atoms with van der Waals surface area (Å²) in [7, 11) is -3.26. The fourth-order valence-corrected chi connectivity index (χ4v) is 3.68. The highest BCUT2D eigenvalue weighted by Gasteiger charge is 2.23. The number of anilines is 1. The molecule has 0 aromatic heterocycles. The first-order chi connectivity index (χ1) is 10.3. The zero-order valence-corrected chi connectivity index (χ0v) is 14.3. The van der Waals surface area contributed by atoms with Crippen molar-refractivity contribution in [2.75, 3.05) is 37.3 Å². The number of hydrogen-bond donors (Lipinski definition) is 0. The summed E-state index contributed by atoms with van der Waals surface area (Å²) in [6.07, 6.45) is 2.08. The average Bonchev–Trinajstić information content (AvgIpc) is 2.71. The van der Waals surface area contributed by atoms with Gasteiger partial charge in [-0.25, -0.2) is 8.42 Å². The van der Waals surface area contributed by atoms with Gasteiger partial charge >= 0.3 is 0 Å². The third-order valence-corrected chi connectivity index (χ3v) is 5.05. The van der Waals surface area contributed by atoms with E-state index in [1.807, 2.05) is 30.9 Å². The molecule has 1 aliphatic heterocycles. The molecule has 0 unspecified atom stereocenters. The molecule has 2 rings (SSSR count). The van der Waals surface area contributed by atoms with E-state index < -0.39 is 9.84 Å². The molecule has 1 saturated heterocycles. The Morgan fingerprint density at radius 1 is 1.09 bits per heavy atom. The zero-order valence-electron chi connectivity index (χ0n) is 13.4. The van der Waals surface area contributed by atoms with Crippen molar-refractivity contribution in [1.82, 2.24) is 4.90 Å². The van der Waals surface area contributed by atoms with E-state index in [0.29, 0.717) is 18.0 Å². The van der Waals surface area contributed by atoms with E-state index in [9.17, 15) is 13.2 Å². The monoisotopic (exact) mass is 324 g/mol. The van der Waals surface area contributed by atoms with Crippen molar-refractivity contribution in [2.24, 2.45) is 5.92 Å². The smallest absolute Gasteiger partial charge is 0.225 e. The van der Waals surface area contributed by atoms with Crippen molar-refractivity contribution in [2.45, 2.75) is 25.2 Å². The number of sulfone groups is 1. The Balaban J connectivity index is 2.21. The molecule has 5 nitrogen and oxygen atoms in total. The first kappa shape index (κ1) is 16.8. The van der Waals surface area contributed by atoms with Crippen LogP contribution in [-0.4, -0.2) is 51.7 Å². The predicted octanol–water partition coefficient (Wildman–Crippen LogP) is 1.78. The molecule has 0 radical (unpaired) electrons. The summed E-state index contributed by atoms with van der Waals surface area (Å²) in [5.74, 6) is 0.160. The summed E-state index contributed by atoms with van der Waals surface area (Å²) in [6, 6.07) is 7.08. The van der Waals surface area contributed by atoms with Crippen molar-refractivity contribution < 1.29 is 13.2 Å². The van der Waals surface area contributed by atoms with E-state index in [1.165, 1.54) is 6.26 Å². The van der Waals surface area contributed by atoms with Crippen LogP contribution in [0.4, 0.5) is 5.69 Å². The van der Waals surface area contributed by atoms with Crippen LogP contribution >= 0.6 is 0 Å². The van der Waals surface area contributed by atoms with E-state index in [2.05, 4.69) is 4.90 Å². The van der Waals surface area contributed by atoms with Gasteiger partial charge in [0.25, 0.3) is 0 Å². The highest BCUT2D eigenvalue weighted by Crippen LogP contribution is 2.26. The first-order valence-corrected chi connectivity index (χ1v) is 9.52. The standard InChI is InChI=1S/C16H24N2O3S/c1-13(2)16(19)18-10-6-9-17(11-12-18)14-7-4-5-8-15(14)22(3,20)21/h4-5,7-8,13H,6,9-12H2,1-3H3. The molecule has 1 amide bonds. The largest absolute Gasteiger partial charge is 0.369 e. The maximum absolute atomic E-state index is 12.1. The minimum atomic E-state index is -3.26. The summed E-state index contributed by atoms with van der Waals surface area (Å²) in [5.41, 5.74) is 0.740. The second kappa shape index (κ2) is 6.69. The number of rotatable bonds is 3. The van der Waals surface area contributed by atoms with E-state index in [0.717, 1.165) is 25.2 Å². The molecular weight excluding hydrogens is 300 g/mol. The predicted molar refractivity (Wildman–Crippen MR) is 87.8 cm³/mol. The van der Waals surface area contributed by atoms with Crippen LogP contribution in [0.15, 0.2) is 29.2 Å². The van der Waals surface area contributed by atoms with Gasteiger partial charge in [0.15, 0.2) is 9.84 Å². The van der Waals surface area contributed by atoms with Crippen molar-refractivity contribution in [3.05, 3.63) is 24.3 Å². The Bertz CT molecular complexity index is 641. The van der Waals surface area contributed by atoms with Gasteiger partial charge in [-0.2, -0.15) is 0 Å². The molecule has 0 bridgehead atoms. The van der Waals surface area contributed by atoms with Gasteiger partial charge in [-0.3, -0.25) is 4.79 Å². The second-order valence-corrected chi connectivity index (χ2v) is 8.04. The van der Waals surface area contributed by atoms with E-state index in [-0.39, 0.29) is 11.8 Å². The molecule has 1 aromatic carbocycles. The Hall–Kier alpha value is -1.56. The topological polar surface area (TPSA) is 57.7 Å². The molecule has 1 fully saturated rings. The normalized spacial score (nSPS) is 16.7. The van der Waals surface area contributed by atoms with Gasteiger partial charge < -0.3 is 9.80 Å². The van der Waals surface area contributed by atoms with Crippen molar-refractivity contribution in [1.29, 1.82) is 0 Å². The van der Waals surface area contributed by atoms with Gasteiger partial charge in [-0.1, -0.05) is 26.0 Å². The fourth-order valence-electron chi connectivity index (χ4n) is 2.78. The van der Waals surface area contributed by atoms with Crippen LogP contribution in [0.1, 0.15) is 20.3 Å². The lowest BCUT2D eigenvalue weighted by Crippen LogP contribution is -2.37. The quantitative estimate of drug-likeness (QED) is 0.850. The number of carbonyl (C=O) groups excluding carboxylic acids is 1. The molecule has 6 heteroatoms. The molecule has 1 aliphatic rings. The molecule has 22 heavy (non-hydrogen) atoms. The van der Waals surface area contributed by atoms with Gasteiger partial charge in [0.05, 0.1) is 10.6 Å². The third kappa shape index (κ3) is 3.80. The molecule has 0 N–H and O–H groups in total. The van der Waals surface area contributed by atoms with Crippen LogP contribution in [0.5, 0.6) is 0 Å². The minimum absolute atomic E-state index is 0.00476. The average molecular weight is 324 g/mol. The molecular formula is C16H24N2O3S. The summed E-state index contributed by atoms with van der Waals surface area (Å²) < 4.78 is 23.9. The van der Waals surface area contributed by atoms with E-state index in [4.69, 9.17) is 0 Å². The number of amides is 1. The number of benzene rings is 1. The Kier molecular flexibility index (Phi) is 5.11. The van der Waals surface area contributed by atoms with Crippen LogP contribution in [0.25, 0.3) is 0 Å². The summed E-state index contributed by atoms with van der Waals surface area (Å²) in [4.78, 5) is 16.4. The highest BCUT2D eigenvalue weighted by molar-refractivity contribution is 7.90. The molecule has 0 aliphatic carbocycles. The summed E-state index contributed by atoms with van der Waals surface area (Å²) in [5, 5.41) is 0. The number of nitrogens with zero attached hydrogens (tertiary/aromatic N) is 2. The molecule has 1 aromatic rings. The lowest BCUT2D eigenvalue weighted by atomic mass is 10.2. The Labute approximate surface area is 132 Å². The molecule has 122 valence electrons. The zero-order chi connectivity index (χ0) is 16.3. The Morgan fingerprint density at radius 3 is 2.41 bits per heavy atom. The summed E-state index contributed by atoms with van der Waals surface area (Å²) in [6.45, 7) is 6.59. The van der Waals surface area contributed by atoms with Crippen LogP contribution in [0.3, 0.4) is 0 Å². The second-order valence-electron chi connectivity index (χ2n) is 6.06. The van der Waals surface area contributed by atoms with Crippen molar-refractivity contribution in [3.63, 3.8) is 0 Å². The Morgan fingerprint density at radius 2 is 1.77 bits per heavy atom. The minimum Gasteiger partial charge on any atom is -0.369 e. The highest BCUT2D eigenvalue weighted by atomic mass is 32.2. The van der Waals surface area contributed by atoms with Gasteiger partial charge in [-0.15, -0.1) is 0 Å². The maximum atomic E-state index is 12.1. The van der Waals surface area contributed by atoms with Crippen molar-refractivity contribution >= 4 is 21.4 Å². The van der Waals surface area contributed by atoms with Crippen LogP contribution < -0.4 is 4.90 Å². The maximum Gasteiger partial charge on any atom is 0.225 e. The lowest BCUT2D eigenvalue weighted by molar-refractivity contribution is -0.134. The SMILES string of the molecule is CC(C)C(=O)N1CCCN(c2ccccc2S(C)(=O)=O)CC1. The molecule has 0 spiro atoms. The van der Waals surface area contributed by atoms with Gasteiger partial charge in [0, 0.05) is 38.4 Å². The van der Waals surface area contributed by atoms with Crippen LogP contribution in [-0.2, 0) is 14.6 Å². The number of hydrogen-bond acceptors (Lipinski definition) is 4. The van der Waals surface area contributed by atoms with Gasteiger partial charge in [-0.05, 0) is 18.6 Å². The number of para-hydroxylation sites is 1. The molecule has 0 atom stereocenters. The first-order valence-electron chi connectivity index (χ1n) is 7.63. The molecule has 1 heterocycles. The van der Waals surface area contributed by atoms with Gasteiger partial charge in [0.1, 0.15) is 0 Å². The molecule has 0 saturated carbocycles. The number of carbonyl (C=O) groups is 1. The fraction of sp³-hybridized carbons (Fsp3) is 0.562. The lowest BCUT2D eigenvalue weighted by Gasteiger charge is -2.26. The van der Waals surface area contributed by atoms with E-state index >= 15 is 0 Å². The van der Waals surface area contributed by atoms with Gasteiger partial charge in [0.2, 0.25) is 5.91 Å². The summed E-state index contributed by atoms with van der Waals surface area (Å²) >= 11 is 0. The van der Waals surface area contributed by atoms with Crippen LogP contribution in [0.2, 0.25) is 0 Å². The third-order valence-electron chi connectivity index (χ3n) is 3.91. The van der Waals surface area contributed by atoms with E-state index in [1.54, 1.807) is 12.1 Å². The van der Waals surface area contributed by atoms with Crippen molar-refractivity contribution in [3.8, 4) is 0 Å².